The first kappa shape index (κ1) is 18.8. The number of halogens is 1. The van der Waals surface area contributed by atoms with Gasteiger partial charge in [-0.1, -0.05) is 6.07 Å². The van der Waals surface area contributed by atoms with Gasteiger partial charge in [0.05, 0.1) is 12.0 Å². The number of methoxy groups -OCH3 is 1. The fraction of sp³-hybridized carbons (Fsp3) is 0.368. The summed E-state index contributed by atoms with van der Waals surface area (Å²) >= 11 is 0. The monoisotopic (exact) mass is 379 g/mol. The molecule has 0 spiro atoms. The van der Waals surface area contributed by atoms with E-state index in [9.17, 15) is 17.9 Å². The zero-order chi connectivity index (χ0) is 18.9. The fourth-order valence-corrected chi connectivity index (χ4v) is 4.50. The van der Waals surface area contributed by atoms with Crippen molar-refractivity contribution >= 4 is 10.0 Å². The van der Waals surface area contributed by atoms with Crippen LogP contribution in [0, 0.1) is 12.7 Å². The summed E-state index contributed by atoms with van der Waals surface area (Å²) < 4.78 is 46.1. The first-order valence-electron chi connectivity index (χ1n) is 8.41. The number of hydrogen-bond acceptors (Lipinski definition) is 4. The maximum Gasteiger partial charge on any atom is 0.240 e. The van der Waals surface area contributed by atoms with Gasteiger partial charge < -0.3 is 9.84 Å². The SMILES string of the molecule is COc1ccc2c(c1)CCCC2(O)CNS(=O)(=O)c1ccc(F)c(C)c1. The minimum absolute atomic E-state index is 0.0224. The average Bonchev–Trinajstić information content (AvgIpc) is 2.62. The van der Waals surface area contributed by atoms with Crippen LogP contribution in [0.15, 0.2) is 41.3 Å². The van der Waals surface area contributed by atoms with E-state index in [2.05, 4.69) is 4.72 Å². The van der Waals surface area contributed by atoms with E-state index in [1.807, 2.05) is 6.07 Å². The molecule has 2 N–H and O–H groups in total. The van der Waals surface area contributed by atoms with Gasteiger partial charge in [0.2, 0.25) is 10.0 Å². The quantitative estimate of drug-likeness (QED) is 0.837. The Morgan fingerprint density at radius 1 is 1.27 bits per heavy atom. The van der Waals surface area contributed by atoms with E-state index in [-0.39, 0.29) is 17.0 Å². The highest BCUT2D eigenvalue weighted by Gasteiger charge is 2.35. The minimum Gasteiger partial charge on any atom is -0.497 e. The third kappa shape index (κ3) is 3.60. The van der Waals surface area contributed by atoms with Crippen LogP contribution in [0.3, 0.4) is 0 Å². The second-order valence-corrected chi connectivity index (χ2v) is 8.41. The second kappa shape index (κ2) is 6.98. The van der Waals surface area contributed by atoms with Crippen LogP contribution < -0.4 is 9.46 Å². The molecule has 1 atom stereocenters. The first-order chi connectivity index (χ1) is 12.2. The van der Waals surface area contributed by atoms with Crippen molar-refractivity contribution in [3.05, 3.63) is 58.9 Å². The molecular weight excluding hydrogens is 357 g/mol. The highest BCUT2D eigenvalue weighted by molar-refractivity contribution is 7.89. The van der Waals surface area contributed by atoms with Gasteiger partial charge >= 0.3 is 0 Å². The molecule has 0 aromatic heterocycles. The number of rotatable bonds is 5. The van der Waals surface area contributed by atoms with Crippen molar-refractivity contribution in [1.29, 1.82) is 0 Å². The Bertz CT molecular complexity index is 929. The van der Waals surface area contributed by atoms with Crippen LogP contribution in [0.1, 0.15) is 29.5 Å². The maximum absolute atomic E-state index is 13.4. The zero-order valence-corrected chi connectivity index (χ0v) is 15.6. The lowest BCUT2D eigenvalue weighted by atomic mass is 9.79. The van der Waals surface area contributed by atoms with Crippen LogP contribution in [0.4, 0.5) is 4.39 Å². The number of aryl methyl sites for hydroxylation is 2. The minimum atomic E-state index is -3.85. The molecule has 0 amide bonds. The normalized spacial score (nSPS) is 19.8. The van der Waals surface area contributed by atoms with Gasteiger partial charge in [0.15, 0.2) is 0 Å². The summed E-state index contributed by atoms with van der Waals surface area (Å²) in [5.74, 6) is 0.244. The zero-order valence-electron chi connectivity index (χ0n) is 14.8. The predicted molar refractivity (Wildman–Crippen MR) is 96.2 cm³/mol. The molecule has 2 aromatic rings. The Morgan fingerprint density at radius 3 is 2.73 bits per heavy atom. The molecule has 3 rings (SSSR count). The molecule has 0 saturated carbocycles. The van der Waals surface area contributed by atoms with Gasteiger partial charge in [-0.05, 0) is 73.2 Å². The summed E-state index contributed by atoms with van der Waals surface area (Å²) in [7, 11) is -2.27. The number of aliphatic hydroxyl groups is 1. The van der Waals surface area contributed by atoms with Crippen molar-refractivity contribution in [3.63, 3.8) is 0 Å². The number of nitrogens with one attached hydrogen (secondary N) is 1. The van der Waals surface area contributed by atoms with Crippen LogP contribution in [0.2, 0.25) is 0 Å². The van der Waals surface area contributed by atoms with Crippen LogP contribution >= 0.6 is 0 Å². The summed E-state index contributed by atoms with van der Waals surface area (Å²) in [4.78, 5) is -0.0224. The molecule has 0 fully saturated rings. The average molecular weight is 379 g/mol. The highest BCUT2D eigenvalue weighted by Crippen LogP contribution is 2.36. The number of hydrogen-bond donors (Lipinski definition) is 2. The number of fused-ring (bicyclic) bond motifs is 1. The second-order valence-electron chi connectivity index (χ2n) is 6.64. The van der Waals surface area contributed by atoms with Crippen LogP contribution in [0.25, 0.3) is 0 Å². The van der Waals surface area contributed by atoms with E-state index >= 15 is 0 Å². The molecule has 1 unspecified atom stereocenters. The first-order valence-corrected chi connectivity index (χ1v) is 9.89. The van der Waals surface area contributed by atoms with Gasteiger partial charge in [0.1, 0.15) is 17.2 Å². The molecule has 0 bridgehead atoms. The lowest BCUT2D eigenvalue weighted by Crippen LogP contribution is -2.43. The van der Waals surface area contributed by atoms with Crippen LogP contribution in [0.5, 0.6) is 5.75 Å². The highest BCUT2D eigenvalue weighted by atomic mass is 32.2. The van der Waals surface area contributed by atoms with Crippen molar-refractivity contribution in [2.45, 2.75) is 36.7 Å². The third-order valence-electron chi connectivity index (χ3n) is 4.84. The van der Waals surface area contributed by atoms with E-state index in [1.54, 1.807) is 19.2 Å². The van der Waals surface area contributed by atoms with Crippen molar-refractivity contribution < 1.29 is 22.7 Å². The van der Waals surface area contributed by atoms with Gasteiger partial charge in [0.25, 0.3) is 0 Å². The van der Waals surface area contributed by atoms with E-state index in [4.69, 9.17) is 4.74 Å². The summed E-state index contributed by atoms with van der Waals surface area (Å²) in [6.07, 6.45) is 2.00. The van der Waals surface area contributed by atoms with Crippen molar-refractivity contribution in [1.82, 2.24) is 4.72 Å². The van der Waals surface area contributed by atoms with E-state index < -0.39 is 21.4 Å². The lowest BCUT2D eigenvalue weighted by Gasteiger charge is -2.34. The van der Waals surface area contributed by atoms with Crippen molar-refractivity contribution in [2.75, 3.05) is 13.7 Å². The molecular formula is C19H22FNO4S. The Labute approximate surface area is 152 Å². The molecule has 0 saturated heterocycles. The Morgan fingerprint density at radius 2 is 2.04 bits per heavy atom. The van der Waals surface area contributed by atoms with Gasteiger partial charge in [-0.15, -0.1) is 0 Å². The van der Waals surface area contributed by atoms with E-state index in [1.165, 1.54) is 19.1 Å². The molecule has 0 radical (unpaired) electrons. The molecule has 1 aliphatic carbocycles. The largest absolute Gasteiger partial charge is 0.497 e. The topological polar surface area (TPSA) is 75.6 Å². The fourth-order valence-electron chi connectivity index (χ4n) is 3.33. The Balaban J connectivity index is 1.84. The Hall–Kier alpha value is -1.96. The summed E-state index contributed by atoms with van der Waals surface area (Å²) in [6, 6.07) is 9.03. The van der Waals surface area contributed by atoms with Crippen LogP contribution in [-0.4, -0.2) is 27.2 Å². The molecule has 140 valence electrons. The van der Waals surface area contributed by atoms with Gasteiger partial charge in [0, 0.05) is 6.54 Å². The molecule has 26 heavy (non-hydrogen) atoms. The third-order valence-corrected chi connectivity index (χ3v) is 6.24. The standard InChI is InChI=1S/C19H22FNO4S/c1-13-10-16(6-8-18(13)20)26(23,24)21-12-19(22)9-3-4-14-11-15(25-2)5-7-17(14)19/h5-8,10-11,21-22H,3-4,9,12H2,1-2H3. The Kier molecular flexibility index (Phi) is 5.05. The number of benzene rings is 2. The van der Waals surface area contributed by atoms with Crippen LogP contribution in [-0.2, 0) is 22.0 Å². The molecule has 5 nitrogen and oxygen atoms in total. The smallest absolute Gasteiger partial charge is 0.240 e. The molecule has 2 aromatic carbocycles. The maximum atomic E-state index is 13.4. The molecule has 7 heteroatoms. The predicted octanol–water partition coefficient (Wildman–Crippen LogP) is 2.65. The van der Waals surface area contributed by atoms with Crippen molar-refractivity contribution in [3.8, 4) is 5.75 Å². The number of sulfonamides is 1. The van der Waals surface area contributed by atoms with Gasteiger partial charge in [-0.3, -0.25) is 0 Å². The van der Waals surface area contributed by atoms with E-state index in [0.717, 1.165) is 24.5 Å². The van der Waals surface area contributed by atoms with Gasteiger partial charge in [-0.2, -0.15) is 0 Å². The lowest BCUT2D eigenvalue weighted by molar-refractivity contribution is 0.0242. The molecule has 1 aliphatic rings. The summed E-state index contributed by atoms with van der Waals surface area (Å²) in [5.41, 5.74) is 0.626. The summed E-state index contributed by atoms with van der Waals surface area (Å²) in [6.45, 7) is 1.36. The number of ether oxygens (including phenoxy) is 1. The summed E-state index contributed by atoms with van der Waals surface area (Å²) in [5, 5.41) is 11.1. The molecule has 0 heterocycles. The van der Waals surface area contributed by atoms with E-state index in [0.29, 0.717) is 17.7 Å². The van der Waals surface area contributed by atoms with Crippen molar-refractivity contribution in [2.24, 2.45) is 0 Å². The van der Waals surface area contributed by atoms with Gasteiger partial charge in [-0.25, -0.2) is 17.5 Å². The molecule has 0 aliphatic heterocycles.